The summed E-state index contributed by atoms with van der Waals surface area (Å²) in [5.74, 6) is -0.857. The topological polar surface area (TPSA) is 96.0 Å². The molecule has 0 spiro atoms. The number of rotatable bonds is 14. The van der Waals surface area contributed by atoms with Gasteiger partial charge in [0.25, 0.3) is 10.0 Å². The first-order chi connectivity index (χ1) is 22.8. The zero-order valence-corrected chi connectivity index (χ0v) is 30.2. The Hall–Kier alpha value is -3.76. The van der Waals surface area contributed by atoms with Crippen molar-refractivity contribution in [2.45, 2.75) is 57.1 Å². The van der Waals surface area contributed by atoms with Crippen LogP contribution < -0.4 is 14.4 Å². The van der Waals surface area contributed by atoms with Gasteiger partial charge in [-0.1, -0.05) is 95.8 Å². The molecule has 0 aromatic heterocycles. The highest BCUT2D eigenvalue weighted by molar-refractivity contribution is 7.92. The fraction of sp³-hybridized carbons (Fsp3) is 0.278. The van der Waals surface area contributed by atoms with E-state index in [0.29, 0.717) is 22.0 Å². The smallest absolute Gasteiger partial charge is 0.264 e. The maximum Gasteiger partial charge on any atom is 0.264 e. The minimum Gasteiger partial charge on any atom is -0.495 e. The Bertz CT molecular complexity index is 1840. The first-order valence-electron chi connectivity index (χ1n) is 15.3. The molecule has 0 aliphatic heterocycles. The molecule has 0 bridgehead atoms. The third-order valence-corrected chi connectivity index (χ3v) is 10.5. The summed E-state index contributed by atoms with van der Waals surface area (Å²) in [5, 5.41) is 3.95. The number of carbonyl (C=O) groups excluding carboxylic acids is 2. The lowest BCUT2D eigenvalue weighted by Crippen LogP contribution is -2.54. The number of ether oxygens (including phenoxy) is 1. The quantitative estimate of drug-likeness (QED) is 0.143. The first-order valence-corrected chi connectivity index (χ1v) is 17.9. The van der Waals surface area contributed by atoms with E-state index in [1.807, 2.05) is 51.1 Å². The van der Waals surface area contributed by atoms with Gasteiger partial charge in [0.15, 0.2) is 0 Å². The Kier molecular flexibility index (Phi) is 12.8. The Morgan fingerprint density at radius 1 is 0.896 bits per heavy atom. The summed E-state index contributed by atoms with van der Waals surface area (Å²) < 4.78 is 35.2. The van der Waals surface area contributed by atoms with E-state index in [1.54, 1.807) is 36.4 Å². The number of halogens is 3. The molecule has 8 nitrogen and oxygen atoms in total. The largest absolute Gasteiger partial charge is 0.495 e. The normalized spacial score (nSPS) is 12.6. The summed E-state index contributed by atoms with van der Waals surface area (Å²) in [7, 11) is -2.96. The highest BCUT2D eigenvalue weighted by atomic mass is 35.5. The second-order valence-electron chi connectivity index (χ2n) is 11.4. The van der Waals surface area contributed by atoms with Gasteiger partial charge in [0, 0.05) is 34.1 Å². The lowest BCUT2D eigenvalue weighted by Gasteiger charge is -2.34. The zero-order chi connectivity index (χ0) is 35.0. The number of amides is 2. The van der Waals surface area contributed by atoms with Crippen LogP contribution >= 0.6 is 34.8 Å². The molecule has 0 unspecified atom stereocenters. The Morgan fingerprint density at radius 3 is 2.17 bits per heavy atom. The van der Waals surface area contributed by atoms with E-state index in [1.165, 1.54) is 36.3 Å². The van der Waals surface area contributed by atoms with Crippen LogP contribution in [0.1, 0.15) is 37.0 Å². The maximum atomic E-state index is 14.7. The van der Waals surface area contributed by atoms with Crippen molar-refractivity contribution in [3.63, 3.8) is 0 Å². The Balaban J connectivity index is 1.88. The van der Waals surface area contributed by atoms with Gasteiger partial charge in [0.1, 0.15) is 18.3 Å². The molecule has 4 rings (SSSR count). The fourth-order valence-corrected chi connectivity index (χ4v) is 7.09. The van der Waals surface area contributed by atoms with Crippen LogP contribution in [0.4, 0.5) is 5.69 Å². The number of sulfonamides is 1. The number of nitrogens with one attached hydrogen (secondary N) is 1. The monoisotopic (exact) mass is 729 g/mol. The molecular weight excluding hydrogens is 693 g/mol. The second-order valence-corrected chi connectivity index (χ2v) is 14.6. The van der Waals surface area contributed by atoms with Crippen LogP contribution in [0.2, 0.25) is 15.1 Å². The van der Waals surface area contributed by atoms with E-state index in [0.717, 1.165) is 15.4 Å². The molecule has 0 saturated carbocycles. The summed E-state index contributed by atoms with van der Waals surface area (Å²) in [6.07, 6.45) is 0.823. The molecule has 2 amide bonds. The molecule has 0 aliphatic rings. The average Bonchev–Trinajstić information content (AvgIpc) is 3.06. The highest BCUT2D eigenvalue weighted by Crippen LogP contribution is 2.35. The van der Waals surface area contributed by atoms with Crippen LogP contribution in [-0.4, -0.2) is 50.9 Å². The van der Waals surface area contributed by atoms with Gasteiger partial charge in [-0.3, -0.25) is 13.9 Å². The predicted molar refractivity (Wildman–Crippen MR) is 193 cm³/mol. The van der Waals surface area contributed by atoms with E-state index in [-0.39, 0.29) is 46.3 Å². The molecular formula is C36H38Cl3N3O5S. The van der Waals surface area contributed by atoms with Gasteiger partial charge in [0.2, 0.25) is 11.8 Å². The third kappa shape index (κ3) is 9.23. The Morgan fingerprint density at radius 2 is 1.54 bits per heavy atom. The highest BCUT2D eigenvalue weighted by Gasteiger charge is 2.36. The number of aryl methyl sites for hydroxylation is 1. The van der Waals surface area contributed by atoms with Crippen molar-refractivity contribution in [2.24, 2.45) is 0 Å². The van der Waals surface area contributed by atoms with E-state index in [2.05, 4.69) is 5.32 Å². The van der Waals surface area contributed by atoms with Crippen molar-refractivity contribution in [3.8, 4) is 5.75 Å². The zero-order valence-electron chi connectivity index (χ0n) is 27.1. The maximum absolute atomic E-state index is 14.7. The molecule has 12 heteroatoms. The van der Waals surface area contributed by atoms with E-state index < -0.39 is 28.5 Å². The fourth-order valence-electron chi connectivity index (χ4n) is 5.04. The Labute approximate surface area is 297 Å². The summed E-state index contributed by atoms with van der Waals surface area (Å²) in [4.78, 5) is 30.1. The van der Waals surface area contributed by atoms with Crippen LogP contribution in [0, 0.1) is 6.92 Å². The minimum atomic E-state index is -4.36. The second kappa shape index (κ2) is 16.6. The van der Waals surface area contributed by atoms with Crippen molar-refractivity contribution in [3.05, 3.63) is 123 Å². The number of carbonyl (C=O) groups is 2. The first kappa shape index (κ1) is 37.1. The molecule has 0 heterocycles. The number of hydrogen-bond acceptors (Lipinski definition) is 5. The average molecular weight is 731 g/mol. The van der Waals surface area contributed by atoms with E-state index in [4.69, 9.17) is 39.5 Å². The molecule has 4 aromatic carbocycles. The number of benzene rings is 4. The number of methoxy groups -OCH3 is 1. The van der Waals surface area contributed by atoms with Crippen LogP contribution in [-0.2, 0) is 32.6 Å². The summed E-state index contributed by atoms with van der Waals surface area (Å²) in [6, 6.07) is 23.8. The van der Waals surface area contributed by atoms with Crippen molar-refractivity contribution in [2.75, 3.05) is 18.0 Å². The van der Waals surface area contributed by atoms with Crippen molar-refractivity contribution in [1.82, 2.24) is 10.2 Å². The van der Waals surface area contributed by atoms with Crippen LogP contribution in [0.15, 0.2) is 95.9 Å². The van der Waals surface area contributed by atoms with Crippen molar-refractivity contribution < 1.29 is 22.7 Å². The molecule has 0 saturated heterocycles. The number of nitrogens with zero attached hydrogens (tertiary/aromatic N) is 2. The summed E-state index contributed by atoms with van der Waals surface area (Å²) in [5.41, 5.74) is 2.26. The molecule has 2 atom stereocenters. The van der Waals surface area contributed by atoms with Crippen molar-refractivity contribution >= 4 is 62.3 Å². The van der Waals surface area contributed by atoms with Crippen LogP contribution in [0.25, 0.3) is 0 Å². The van der Waals surface area contributed by atoms with Gasteiger partial charge in [-0.05, 0) is 73.9 Å². The minimum absolute atomic E-state index is 0.0365. The van der Waals surface area contributed by atoms with Gasteiger partial charge in [0.05, 0.1) is 17.7 Å². The van der Waals surface area contributed by atoms with Gasteiger partial charge in [-0.2, -0.15) is 0 Å². The van der Waals surface area contributed by atoms with E-state index in [9.17, 15) is 18.0 Å². The lowest BCUT2D eigenvalue weighted by molar-refractivity contribution is -0.140. The number of anilines is 1. The molecule has 48 heavy (non-hydrogen) atoms. The molecule has 4 aromatic rings. The predicted octanol–water partition coefficient (Wildman–Crippen LogP) is 7.71. The summed E-state index contributed by atoms with van der Waals surface area (Å²) >= 11 is 19.1. The molecule has 0 radical (unpaired) electrons. The van der Waals surface area contributed by atoms with Gasteiger partial charge in [-0.15, -0.1) is 0 Å². The lowest BCUT2D eigenvalue weighted by atomic mass is 10.0. The van der Waals surface area contributed by atoms with Crippen LogP contribution in [0.3, 0.4) is 0 Å². The van der Waals surface area contributed by atoms with Crippen molar-refractivity contribution in [1.29, 1.82) is 0 Å². The molecule has 0 aliphatic carbocycles. The molecule has 254 valence electrons. The SMILES string of the molecule is CC[C@H](C)NC(=O)[C@@H](Cc1ccccc1)N(Cc1ccc(Cl)cc1Cl)C(=O)CN(c1cc(Cl)ccc1OC)S(=O)(=O)c1ccc(C)cc1. The molecule has 1 N–H and O–H groups in total. The van der Waals surface area contributed by atoms with Gasteiger partial charge < -0.3 is 15.0 Å². The van der Waals surface area contributed by atoms with Crippen LogP contribution in [0.5, 0.6) is 5.75 Å². The number of hydrogen-bond donors (Lipinski definition) is 1. The standard InChI is InChI=1S/C36H38Cl3N3O5S/c1-5-25(3)40-36(44)33(19-26-9-7-6-8-10-26)41(22-27-13-14-28(37)20-31(27)39)35(43)23-42(32-21-29(38)15-18-34(32)47-4)48(45,46)30-16-11-24(2)12-17-30/h6-18,20-21,25,33H,5,19,22-23H2,1-4H3,(H,40,44)/t25-,33+/m0/s1. The molecule has 0 fully saturated rings. The third-order valence-electron chi connectivity index (χ3n) is 7.93. The van der Waals surface area contributed by atoms with Gasteiger partial charge >= 0.3 is 0 Å². The summed E-state index contributed by atoms with van der Waals surface area (Å²) in [6.45, 7) is 4.88. The van der Waals surface area contributed by atoms with E-state index >= 15 is 0 Å². The van der Waals surface area contributed by atoms with Gasteiger partial charge in [-0.25, -0.2) is 8.42 Å².